The van der Waals surface area contributed by atoms with E-state index in [2.05, 4.69) is 21.1 Å². The number of carbonyl (C=O) groups excluding carboxylic acids is 1. The van der Waals surface area contributed by atoms with E-state index in [4.69, 9.17) is 8.83 Å². The molecule has 0 spiro atoms. The highest BCUT2D eigenvalue weighted by molar-refractivity contribution is 5.82. The number of carbonyl (C=O) groups is 1. The molecule has 0 unspecified atom stereocenters. The second kappa shape index (κ2) is 10.6. The van der Waals surface area contributed by atoms with Crippen molar-refractivity contribution in [2.45, 2.75) is 0 Å². The molecule has 0 saturated carbocycles. The van der Waals surface area contributed by atoms with Crippen molar-refractivity contribution in [1.82, 2.24) is 10.9 Å². The van der Waals surface area contributed by atoms with Gasteiger partial charge in [-0.25, -0.2) is 15.6 Å². The zero-order chi connectivity index (χ0) is 25.5. The van der Waals surface area contributed by atoms with Crippen molar-refractivity contribution in [3.8, 4) is 22.6 Å². The molecule has 0 fully saturated rings. The van der Waals surface area contributed by atoms with E-state index in [1.54, 1.807) is 48.5 Å². The number of hydrogen-bond acceptors (Lipinski definition) is 9. The molecule has 13 heteroatoms. The Kier molecular flexibility index (Phi) is 6.91. The van der Waals surface area contributed by atoms with Crippen LogP contribution in [0.1, 0.15) is 11.5 Å². The van der Waals surface area contributed by atoms with Crippen LogP contribution in [0, 0.1) is 20.2 Å². The Labute approximate surface area is 202 Å². The summed E-state index contributed by atoms with van der Waals surface area (Å²) >= 11 is 0. The standard InChI is InChI=1S/C23H16N6O7/c30-23(26-24-13-19-7-9-21(35-19)15-3-1-5-17(11-15)28(31)32)27-25-14-20-8-10-22(36-20)16-4-2-6-18(12-16)29(33)34/h1-14H,(H2,26,27,30)/b24-13+,25-14+. The highest BCUT2D eigenvalue weighted by Gasteiger charge is 2.11. The van der Waals surface area contributed by atoms with Crippen molar-refractivity contribution in [3.63, 3.8) is 0 Å². The third-order valence-electron chi connectivity index (χ3n) is 4.65. The first kappa shape index (κ1) is 23.6. The normalized spacial score (nSPS) is 11.1. The van der Waals surface area contributed by atoms with E-state index >= 15 is 0 Å². The van der Waals surface area contributed by atoms with Gasteiger partial charge in [0.05, 0.1) is 22.3 Å². The molecule has 4 rings (SSSR count). The molecule has 0 atom stereocenters. The maximum absolute atomic E-state index is 11.8. The van der Waals surface area contributed by atoms with Crippen LogP contribution in [0.25, 0.3) is 22.6 Å². The fourth-order valence-corrected chi connectivity index (χ4v) is 3.03. The zero-order valence-electron chi connectivity index (χ0n) is 18.2. The minimum atomic E-state index is -0.738. The van der Waals surface area contributed by atoms with Gasteiger partial charge in [0.15, 0.2) is 0 Å². The zero-order valence-corrected chi connectivity index (χ0v) is 18.2. The second-order valence-corrected chi connectivity index (χ2v) is 7.09. The smallest absolute Gasteiger partial charge is 0.355 e. The number of amides is 2. The molecule has 0 saturated heterocycles. The Morgan fingerprint density at radius 3 is 1.58 bits per heavy atom. The molecule has 0 bridgehead atoms. The summed E-state index contributed by atoms with van der Waals surface area (Å²) in [6.45, 7) is 0. The Hall–Kier alpha value is -5.59. The number of nitro benzene ring substituents is 2. The lowest BCUT2D eigenvalue weighted by Crippen LogP contribution is -2.28. The van der Waals surface area contributed by atoms with Gasteiger partial charge in [0.25, 0.3) is 11.4 Å². The van der Waals surface area contributed by atoms with Crippen molar-refractivity contribution in [2.75, 3.05) is 0 Å². The van der Waals surface area contributed by atoms with E-state index in [0.717, 1.165) is 0 Å². The Morgan fingerprint density at radius 2 is 1.17 bits per heavy atom. The third kappa shape index (κ3) is 5.85. The number of nitrogens with one attached hydrogen (secondary N) is 2. The van der Waals surface area contributed by atoms with Crippen LogP contribution in [-0.2, 0) is 0 Å². The van der Waals surface area contributed by atoms with E-state index in [9.17, 15) is 25.0 Å². The lowest BCUT2D eigenvalue weighted by atomic mass is 10.1. The fourth-order valence-electron chi connectivity index (χ4n) is 3.03. The molecule has 2 aromatic heterocycles. The summed E-state index contributed by atoms with van der Waals surface area (Å²) in [6, 6.07) is 17.6. The van der Waals surface area contributed by atoms with Gasteiger partial charge in [0, 0.05) is 35.4 Å². The largest absolute Gasteiger partial charge is 0.455 e. The first-order chi connectivity index (χ1) is 17.4. The lowest BCUT2D eigenvalue weighted by molar-refractivity contribution is -0.385. The average molecular weight is 488 g/mol. The van der Waals surface area contributed by atoms with Crippen molar-refractivity contribution in [3.05, 3.63) is 105 Å². The van der Waals surface area contributed by atoms with Crippen molar-refractivity contribution < 1.29 is 23.5 Å². The summed E-state index contributed by atoms with van der Waals surface area (Å²) in [6.07, 6.45) is 2.50. The monoisotopic (exact) mass is 488 g/mol. The number of furan rings is 2. The van der Waals surface area contributed by atoms with Crippen LogP contribution in [-0.4, -0.2) is 28.3 Å². The summed E-state index contributed by atoms with van der Waals surface area (Å²) < 4.78 is 11.1. The van der Waals surface area contributed by atoms with Crippen molar-refractivity contribution in [2.24, 2.45) is 10.2 Å². The van der Waals surface area contributed by atoms with Gasteiger partial charge in [0.1, 0.15) is 23.0 Å². The maximum Gasteiger partial charge on any atom is 0.355 e. The fraction of sp³-hybridized carbons (Fsp3) is 0. The molecule has 0 aliphatic rings. The van der Waals surface area contributed by atoms with Crippen LogP contribution in [0.15, 0.2) is 91.8 Å². The van der Waals surface area contributed by atoms with Crippen molar-refractivity contribution in [1.29, 1.82) is 0 Å². The number of hydrazone groups is 2. The van der Waals surface area contributed by atoms with Crippen LogP contribution < -0.4 is 10.9 Å². The van der Waals surface area contributed by atoms with Gasteiger partial charge >= 0.3 is 6.03 Å². The van der Waals surface area contributed by atoms with E-state index in [0.29, 0.717) is 34.2 Å². The average Bonchev–Trinajstić information content (AvgIpc) is 3.54. The number of urea groups is 1. The van der Waals surface area contributed by atoms with E-state index in [-0.39, 0.29) is 11.4 Å². The molecular formula is C23H16N6O7. The minimum absolute atomic E-state index is 0.0622. The SMILES string of the molecule is O=C(N/N=C/c1ccc(-c2cccc([N+](=O)[O-])c2)o1)N/N=C/c1ccc(-c2cccc([N+](=O)[O-])c2)o1. The number of rotatable bonds is 8. The molecule has 2 aromatic carbocycles. The molecule has 0 aliphatic heterocycles. The van der Waals surface area contributed by atoms with Gasteiger partial charge in [0.2, 0.25) is 0 Å². The summed E-state index contributed by atoms with van der Waals surface area (Å²) in [7, 11) is 0. The molecule has 36 heavy (non-hydrogen) atoms. The molecule has 2 heterocycles. The Morgan fingerprint density at radius 1 is 0.722 bits per heavy atom. The number of nitro groups is 2. The van der Waals surface area contributed by atoms with Gasteiger partial charge in [-0.3, -0.25) is 20.2 Å². The van der Waals surface area contributed by atoms with Crippen LogP contribution in [0.5, 0.6) is 0 Å². The molecule has 180 valence electrons. The number of benzene rings is 2. The molecule has 2 amide bonds. The molecule has 2 N–H and O–H groups in total. The van der Waals surface area contributed by atoms with Crippen LogP contribution in [0.3, 0.4) is 0 Å². The predicted molar refractivity (Wildman–Crippen MR) is 128 cm³/mol. The number of non-ortho nitro benzene ring substituents is 2. The Balaban J connectivity index is 1.29. The van der Waals surface area contributed by atoms with Gasteiger partial charge in [-0.1, -0.05) is 24.3 Å². The summed E-state index contributed by atoms with van der Waals surface area (Å²) in [5.74, 6) is 1.42. The lowest BCUT2D eigenvalue weighted by Gasteiger charge is -1.98. The molecule has 4 aromatic rings. The summed E-state index contributed by atoms with van der Waals surface area (Å²) in [5, 5.41) is 29.3. The van der Waals surface area contributed by atoms with Crippen LogP contribution >= 0.6 is 0 Å². The number of nitrogens with zero attached hydrogens (tertiary/aromatic N) is 4. The molecule has 13 nitrogen and oxygen atoms in total. The molecule has 0 aliphatic carbocycles. The van der Waals surface area contributed by atoms with Crippen LogP contribution in [0.4, 0.5) is 16.2 Å². The highest BCUT2D eigenvalue weighted by atomic mass is 16.6. The van der Waals surface area contributed by atoms with E-state index in [1.165, 1.54) is 36.7 Å². The van der Waals surface area contributed by atoms with E-state index < -0.39 is 15.9 Å². The predicted octanol–water partition coefficient (Wildman–Crippen LogP) is 4.69. The van der Waals surface area contributed by atoms with Gasteiger partial charge in [-0.05, 0) is 24.3 Å². The first-order valence-electron chi connectivity index (χ1n) is 10.2. The highest BCUT2D eigenvalue weighted by Crippen LogP contribution is 2.26. The molecule has 0 radical (unpaired) electrons. The first-order valence-corrected chi connectivity index (χ1v) is 10.2. The second-order valence-electron chi connectivity index (χ2n) is 7.09. The number of hydrogen-bond donors (Lipinski definition) is 2. The molecular weight excluding hydrogens is 472 g/mol. The summed E-state index contributed by atoms with van der Waals surface area (Å²) in [5.41, 5.74) is 5.32. The minimum Gasteiger partial charge on any atom is -0.455 e. The maximum atomic E-state index is 11.8. The topological polar surface area (TPSA) is 178 Å². The van der Waals surface area contributed by atoms with Crippen molar-refractivity contribution >= 4 is 29.8 Å². The van der Waals surface area contributed by atoms with Gasteiger partial charge in [-0.15, -0.1) is 0 Å². The quantitative estimate of drug-likeness (QED) is 0.205. The Bertz CT molecular complexity index is 1380. The summed E-state index contributed by atoms with van der Waals surface area (Å²) in [4.78, 5) is 32.7. The van der Waals surface area contributed by atoms with E-state index in [1.807, 2.05) is 0 Å². The third-order valence-corrected chi connectivity index (χ3v) is 4.65. The van der Waals surface area contributed by atoms with Gasteiger partial charge < -0.3 is 8.83 Å². The van der Waals surface area contributed by atoms with Crippen LogP contribution in [0.2, 0.25) is 0 Å². The van der Waals surface area contributed by atoms with Gasteiger partial charge in [-0.2, -0.15) is 10.2 Å².